The molecule has 0 fully saturated rings. The van der Waals surface area contributed by atoms with E-state index in [0.717, 1.165) is 69.5 Å². The summed E-state index contributed by atoms with van der Waals surface area (Å²) in [4.78, 5) is 3.98. The van der Waals surface area contributed by atoms with E-state index in [1.165, 1.54) is 38.4 Å². The second-order valence-corrected chi connectivity index (χ2v) is 16.2. The summed E-state index contributed by atoms with van der Waals surface area (Å²) in [7, 11) is 0. The van der Waals surface area contributed by atoms with Gasteiger partial charge >= 0.3 is 0 Å². The molecule has 0 atom stereocenters. The Bertz CT molecular complexity index is 3690. The summed E-state index contributed by atoms with van der Waals surface area (Å²) in [5, 5.41) is 8.98. The molecule has 0 amide bonds. The van der Waals surface area contributed by atoms with Crippen LogP contribution >= 0.6 is 22.7 Å². The molecule has 0 saturated carbocycles. The molecule has 0 aliphatic carbocycles. The minimum absolute atomic E-state index is 0.162. The van der Waals surface area contributed by atoms with Gasteiger partial charge in [-0.15, -0.1) is 22.7 Å². The number of rotatable bonds is 3. The van der Waals surface area contributed by atoms with Crippen LogP contribution in [0.4, 0.5) is 14.5 Å². The Morgan fingerprint density at radius 1 is 0.446 bits per heavy atom. The van der Waals surface area contributed by atoms with Gasteiger partial charge in [0.15, 0.2) is 5.69 Å². The van der Waals surface area contributed by atoms with Crippen molar-refractivity contribution < 1.29 is 8.78 Å². The van der Waals surface area contributed by atoms with E-state index in [-0.39, 0.29) is 16.8 Å². The lowest BCUT2D eigenvalue weighted by molar-refractivity contribution is 0.590. The smallest absolute Gasteiger partial charge is 0.197 e. The average molecular weight is 758 g/mol. The number of benzene rings is 8. The zero-order chi connectivity index (χ0) is 37.2. The quantitative estimate of drug-likeness (QED) is 0.159. The van der Waals surface area contributed by atoms with Crippen LogP contribution in [0.1, 0.15) is 0 Å². The Labute approximate surface area is 325 Å². The lowest BCUT2D eigenvalue weighted by Gasteiger charge is -2.20. The van der Waals surface area contributed by atoms with Gasteiger partial charge in [0.1, 0.15) is 11.6 Å². The lowest BCUT2D eigenvalue weighted by atomic mass is 10.00. The first-order valence-electron chi connectivity index (χ1n) is 18.3. The van der Waals surface area contributed by atoms with Crippen LogP contribution in [0.5, 0.6) is 0 Å². The molecule has 8 aromatic carbocycles. The molecule has 0 radical (unpaired) electrons. The van der Waals surface area contributed by atoms with Crippen molar-refractivity contribution in [3.8, 4) is 22.5 Å². The average Bonchev–Trinajstić information content (AvgIpc) is 3.98. The normalized spacial score (nSPS) is 12.1. The Morgan fingerprint density at radius 3 is 1.41 bits per heavy atom. The highest BCUT2D eigenvalue weighted by molar-refractivity contribution is 7.27. The van der Waals surface area contributed by atoms with Crippen LogP contribution < -0.4 is 0 Å². The maximum Gasteiger partial charge on any atom is 0.197 e. The van der Waals surface area contributed by atoms with Crippen LogP contribution in [-0.4, -0.2) is 9.13 Å². The standard InChI is InChI=1S/C49H25F2N3S2/c1-52-38-26-42(54-40-18-7-3-12-28(40)32-22-24-34-30-14-5-9-20-44(30)56-49(34)47(32)54)41(25-35(38)45-36(50)15-10-16-37(45)51)53-39-17-6-2-11-27(39)31-21-23-33-29-13-4-8-19-43(29)55-48(33)46(31)53/h2-26H. The molecule has 0 unspecified atom stereocenters. The summed E-state index contributed by atoms with van der Waals surface area (Å²) in [6, 6.07) is 50.0. The molecule has 4 aromatic heterocycles. The molecule has 0 aliphatic rings. The molecular weight excluding hydrogens is 733 g/mol. The van der Waals surface area contributed by atoms with Crippen molar-refractivity contribution in [2.45, 2.75) is 0 Å². The van der Waals surface area contributed by atoms with Crippen LogP contribution in [-0.2, 0) is 0 Å². The lowest BCUT2D eigenvalue weighted by Crippen LogP contribution is -2.05. The molecule has 12 rings (SSSR count). The summed E-state index contributed by atoms with van der Waals surface area (Å²) in [6.07, 6.45) is 0. The predicted octanol–water partition coefficient (Wildman–Crippen LogP) is 15.1. The van der Waals surface area contributed by atoms with E-state index in [1.807, 2.05) is 24.3 Å². The fourth-order valence-corrected chi connectivity index (χ4v) is 11.4. The van der Waals surface area contributed by atoms with E-state index in [9.17, 15) is 0 Å². The number of halogens is 2. The molecular formula is C49H25F2N3S2. The van der Waals surface area contributed by atoms with E-state index >= 15 is 8.78 Å². The molecule has 0 bridgehead atoms. The fraction of sp³-hybridized carbons (Fsp3) is 0. The van der Waals surface area contributed by atoms with Gasteiger partial charge in [0.05, 0.1) is 49.4 Å². The van der Waals surface area contributed by atoms with Crippen LogP contribution in [0.15, 0.2) is 152 Å². The predicted molar refractivity (Wildman–Crippen MR) is 233 cm³/mol. The number of hydrogen-bond acceptors (Lipinski definition) is 2. The summed E-state index contributed by atoms with van der Waals surface area (Å²) in [5.41, 5.74) is 5.58. The summed E-state index contributed by atoms with van der Waals surface area (Å²) in [6.45, 7) is 8.47. The molecule has 7 heteroatoms. The second kappa shape index (κ2) is 11.6. The number of nitrogens with zero attached hydrogens (tertiary/aromatic N) is 3. The minimum Gasteiger partial charge on any atom is -0.307 e. The molecule has 4 heterocycles. The van der Waals surface area contributed by atoms with E-state index in [0.29, 0.717) is 5.69 Å². The van der Waals surface area contributed by atoms with E-state index in [1.54, 1.807) is 22.7 Å². The fourth-order valence-electron chi connectivity index (χ4n) is 8.93. The zero-order valence-electron chi connectivity index (χ0n) is 29.3. The number of fused-ring (bicyclic) bond motifs is 14. The molecule has 0 spiro atoms. The van der Waals surface area contributed by atoms with Gasteiger partial charge in [0.2, 0.25) is 0 Å². The zero-order valence-corrected chi connectivity index (χ0v) is 31.0. The van der Waals surface area contributed by atoms with Crippen molar-refractivity contribution in [2.24, 2.45) is 0 Å². The maximum absolute atomic E-state index is 15.9. The van der Waals surface area contributed by atoms with Gasteiger partial charge in [0.25, 0.3) is 0 Å². The third-order valence-electron chi connectivity index (χ3n) is 11.3. The van der Waals surface area contributed by atoms with Gasteiger partial charge in [-0.2, -0.15) is 0 Å². The van der Waals surface area contributed by atoms with E-state index in [4.69, 9.17) is 6.57 Å². The molecule has 0 aliphatic heterocycles. The first-order chi connectivity index (χ1) is 27.6. The van der Waals surface area contributed by atoms with Crippen molar-refractivity contribution in [3.05, 3.63) is 175 Å². The third kappa shape index (κ3) is 4.17. The summed E-state index contributed by atoms with van der Waals surface area (Å²) in [5.74, 6) is -1.43. The van der Waals surface area contributed by atoms with Crippen molar-refractivity contribution in [1.29, 1.82) is 0 Å². The number of aromatic nitrogens is 2. The Morgan fingerprint density at radius 2 is 0.893 bits per heavy atom. The van der Waals surface area contributed by atoms with E-state index < -0.39 is 11.6 Å². The van der Waals surface area contributed by atoms with Gasteiger partial charge in [-0.25, -0.2) is 13.6 Å². The van der Waals surface area contributed by atoms with Gasteiger partial charge in [-0.05, 0) is 54.1 Å². The van der Waals surface area contributed by atoms with Crippen molar-refractivity contribution in [3.63, 3.8) is 0 Å². The minimum atomic E-state index is -0.716. The number of thiophene rings is 2. The van der Waals surface area contributed by atoms with Crippen LogP contribution in [0.2, 0.25) is 0 Å². The largest absolute Gasteiger partial charge is 0.307 e. The monoisotopic (exact) mass is 757 g/mol. The Kier molecular flexibility index (Phi) is 6.51. The molecule has 0 saturated heterocycles. The van der Waals surface area contributed by atoms with E-state index in [2.05, 4.69) is 123 Å². The van der Waals surface area contributed by atoms with Gasteiger partial charge in [-0.3, -0.25) is 0 Å². The van der Waals surface area contributed by atoms with Gasteiger partial charge in [0, 0.05) is 58.1 Å². The SMILES string of the molecule is [C-]#[N+]c1cc(-n2c3ccccc3c3ccc4c5ccccc5sc4c32)c(-n2c3ccccc3c3ccc4c5ccccc5sc4c32)cc1-c1c(F)cccc1F. The summed E-state index contributed by atoms with van der Waals surface area (Å²) >= 11 is 3.50. The highest BCUT2D eigenvalue weighted by atomic mass is 32.1. The first-order valence-corrected chi connectivity index (χ1v) is 19.9. The number of para-hydroxylation sites is 2. The maximum atomic E-state index is 15.9. The molecule has 3 nitrogen and oxygen atoms in total. The molecule has 262 valence electrons. The van der Waals surface area contributed by atoms with Crippen LogP contribution in [0.3, 0.4) is 0 Å². The van der Waals surface area contributed by atoms with Crippen LogP contribution in [0, 0.1) is 18.2 Å². The van der Waals surface area contributed by atoms with Gasteiger partial charge in [-0.1, -0.05) is 103 Å². The first kappa shape index (κ1) is 31.5. The second-order valence-electron chi connectivity index (χ2n) is 14.1. The van der Waals surface area contributed by atoms with Crippen molar-refractivity contribution in [1.82, 2.24) is 9.13 Å². The van der Waals surface area contributed by atoms with Crippen molar-refractivity contribution in [2.75, 3.05) is 0 Å². The summed E-state index contributed by atoms with van der Waals surface area (Å²) < 4.78 is 40.9. The Hall–Kier alpha value is -6.85. The molecule has 0 N–H and O–H groups in total. The van der Waals surface area contributed by atoms with Crippen molar-refractivity contribution >= 4 is 112 Å². The highest BCUT2D eigenvalue weighted by Crippen LogP contribution is 2.49. The molecule has 56 heavy (non-hydrogen) atoms. The number of hydrogen-bond donors (Lipinski definition) is 0. The van der Waals surface area contributed by atoms with Gasteiger partial charge < -0.3 is 9.13 Å². The topological polar surface area (TPSA) is 14.2 Å². The molecule has 12 aromatic rings. The highest BCUT2D eigenvalue weighted by Gasteiger charge is 2.26. The van der Waals surface area contributed by atoms with Crippen LogP contribution in [0.25, 0.3) is 111 Å². The Balaban J connectivity index is 1.33. The third-order valence-corrected chi connectivity index (χ3v) is 13.7.